The summed E-state index contributed by atoms with van der Waals surface area (Å²) in [6, 6.07) is 5.60. The molecule has 0 fully saturated rings. The van der Waals surface area contributed by atoms with Gasteiger partial charge in [-0.3, -0.25) is 4.68 Å². The van der Waals surface area contributed by atoms with E-state index in [0.717, 1.165) is 24.0 Å². The molecule has 0 atom stereocenters. The first kappa shape index (κ1) is 12.0. The third-order valence-corrected chi connectivity index (χ3v) is 3.36. The van der Waals surface area contributed by atoms with Gasteiger partial charge in [0.2, 0.25) is 5.95 Å². The van der Waals surface area contributed by atoms with Crippen molar-refractivity contribution < 1.29 is 0 Å². The molecule has 3 rings (SSSR count). The highest BCUT2D eigenvalue weighted by Gasteiger charge is 2.09. The maximum Gasteiger partial charge on any atom is 0.201 e. The van der Waals surface area contributed by atoms with Crippen molar-refractivity contribution in [2.24, 2.45) is 7.05 Å². The maximum absolute atomic E-state index is 6.03. The van der Waals surface area contributed by atoms with Crippen LogP contribution in [0.5, 0.6) is 0 Å². The summed E-state index contributed by atoms with van der Waals surface area (Å²) in [6.07, 6.45) is 4.72. The molecule has 0 amide bonds. The fraction of sp³-hybridized carbons (Fsp3) is 0.231. The van der Waals surface area contributed by atoms with E-state index >= 15 is 0 Å². The van der Waals surface area contributed by atoms with Crippen molar-refractivity contribution in [1.82, 2.24) is 19.3 Å². The first-order valence-corrected chi connectivity index (χ1v) is 6.40. The Morgan fingerprint density at radius 1 is 1.37 bits per heavy atom. The van der Waals surface area contributed by atoms with Gasteiger partial charge in [-0.05, 0) is 30.2 Å². The van der Waals surface area contributed by atoms with Crippen molar-refractivity contribution >= 4 is 28.6 Å². The average molecular weight is 276 g/mol. The molecular formula is C13H14ClN5. The Balaban J connectivity index is 1.91. The third-order valence-electron chi connectivity index (χ3n) is 3.12. The lowest BCUT2D eigenvalue weighted by atomic mass is 10.2. The van der Waals surface area contributed by atoms with Gasteiger partial charge in [0.05, 0.1) is 17.2 Å². The summed E-state index contributed by atoms with van der Waals surface area (Å²) in [4.78, 5) is 4.33. The molecule has 0 radical (unpaired) electrons. The van der Waals surface area contributed by atoms with Crippen LogP contribution in [-0.2, 0) is 20.0 Å². The first-order chi connectivity index (χ1) is 9.13. The summed E-state index contributed by atoms with van der Waals surface area (Å²) in [7, 11) is 1.91. The van der Waals surface area contributed by atoms with Crippen LogP contribution in [0.15, 0.2) is 30.6 Å². The summed E-state index contributed by atoms with van der Waals surface area (Å²) in [5.74, 6) is 0.515. The Bertz CT molecular complexity index is 728. The molecule has 0 bridgehead atoms. The number of nitrogen functional groups attached to an aromatic ring is 1. The molecule has 98 valence electrons. The van der Waals surface area contributed by atoms with E-state index in [-0.39, 0.29) is 0 Å². The standard InChI is InChI=1S/C13H14ClN5/c1-18-8-9(7-16-18)4-5-19-12-6-10(14)2-3-11(12)17-13(19)15/h2-3,6-8H,4-5H2,1H3,(H2,15,17). The molecule has 0 saturated heterocycles. The van der Waals surface area contributed by atoms with Crippen LogP contribution in [0.2, 0.25) is 5.02 Å². The van der Waals surface area contributed by atoms with Crippen molar-refractivity contribution in [3.05, 3.63) is 41.2 Å². The van der Waals surface area contributed by atoms with E-state index in [9.17, 15) is 0 Å². The number of aryl methyl sites for hydroxylation is 3. The van der Waals surface area contributed by atoms with Gasteiger partial charge in [-0.1, -0.05) is 11.6 Å². The SMILES string of the molecule is Cn1cc(CCn2c(N)nc3ccc(Cl)cc32)cn1. The Morgan fingerprint density at radius 2 is 2.21 bits per heavy atom. The molecule has 5 nitrogen and oxygen atoms in total. The Hall–Kier alpha value is -2.01. The van der Waals surface area contributed by atoms with Crippen LogP contribution in [0.1, 0.15) is 5.56 Å². The molecule has 2 heterocycles. The van der Waals surface area contributed by atoms with Crippen LogP contribution in [0.4, 0.5) is 5.95 Å². The molecule has 3 aromatic rings. The van der Waals surface area contributed by atoms with Crippen LogP contribution in [0.25, 0.3) is 11.0 Å². The monoisotopic (exact) mass is 275 g/mol. The summed E-state index contributed by atoms with van der Waals surface area (Å²) in [6.45, 7) is 0.758. The number of nitrogens with two attached hydrogens (primary N) is 1. The Labute approximate surface area is 115 Å². The number of hydrogen-bond acceptors (Lipinski definition) is 3. The molecule has 2 aromatic heterocycles. The van der Waals surface area contributed by atoms with Crippen LogP contribution >= 0.6 is 11.6 Å². The maximum atomic E-state index is 6.03. The number of aromatic nitrogens is 4. The van der Waals surface area contributed by atoms with Crippen molar-refractivity contribution in [1.29, 1.82) is 0 Å². The van der Waals surface area contributed by atoms with Gasteiger partial charge in [-0.25, -0.2) is 4.98 Å². The Kier molecular flexibility index (Phi) is 2.91. The zero-order chi connectivity index (χ0) is 13.4. The largest absolute Gasteiger partial charge is 0.369 e. The van der Waals surface area contributed by atoms with Gasteiger partial charge in [-0.15, -0.1) is 0 Å². The molecule has 0 unspecified atom stereocenters. The molecule has 1 aromatic carbocycles. The highest BCUT2D eigenvalue weighted by Crippen LogP contribution is 2.22. The topological polar surface area (TPSA) is 61.7 Å². The lowest BCUT2D eigenvalue weighted by molar-refractivity contribution is 0.723. The fourth-order valence-corrected chi connectivity index (χ4v) is 2.36. The highest BCUT2D eigenvalue weighted by molar-refractivity contribution is 6.31. The first-order valence-electron chi connectivity index (χ1n) is 6.02. The van der Waals surface area contributed by atoms with E-state index in [2.05, 4.69) is 10.1 Å². The quantitative estimate of drug-likeness (QED) is 0.797. The smallest absolute Gasteiger partial charge is 0.201 e. The lowest BCUT2D eigenvalue weighted by Crippen LogP contribution is -2.05. The van der Waals surface area contributed by atoms with Crippen LogP contribution < -0.4 is 5.73 Å². The predicted octanol–water partition coefficient (Wildman–Crippen LogP) is 2.25. The molecule has 6 heteroatoms. The van der Waals surface area contributed by atoms with Crippen molar-refractivity contribution in [3.8, 4) is 0 Å². The number of anilines is 1. The molecule has 0 aliphatic carbocycles. The minimum absolute atomic E-state index is 0.515. The molecule has 0 aliphatic heterocycles. The van der Waals surface area contributed by atoms with E-state index in [0.29, 0.717) is 11.0 Å². The zero-order valence-corrected chi connectivity index (χ0v) is 11.3. The summed E-state index contributed by atoms with van der Waals surface area (Å²) < 4.78 is 3.77. The number of nitrogens with zero attached hydrogens (tertiary/aromatic N) is 4. The summed E-state index contributed by atoms with van der Waals surface area (Å²) in [5.41, 5.74) is 8.97. The second kappa shape index (κ2) is 4.59. The van der Waals surface area contributed by atoms with Gasteiger partial charge in [0.15, 0.2) is 0 Å². The molecule has 19 heavy (non-hydrogen) atoms. The Morgan fingerprint density at radius 3 is 2.95 bits per heavy atom. The average Bonchev–Trinajstić information content (AvgIpc) is 2.90. The van der Waals surface area contributed by atoms with Crippen LogP contribution in [0.3, 0.4) is 0 Å². The van der Waals surface area contributed by atoms with Gasteiger partial charge >= 0.3 is 0 Å². The number of rotatable bonds is 3. The van der Waals surface area contributed by atoms with Gasteiger partial charge in [0, 0.05) is 24.8 Å². The number of imidazole rings is 1. The van der Waals surface area contributed by atoms with Gasteiger partial charge in [0.25, 0.3) is 0 Å². The van der Waals surface area contributed by atoms with Gasteiger partial charge < -0.3 is 10.3 Å². The van der Waals surface area contributed by atoms with E-state index in [1.54, 1.807) is 4.68 Å². The minimum Gasteiger partial charge on any atom is -0.369 e. The highest BCUT2D eigenvalue weighted by atomic mass is 35.5. The number of halogens is 1. The van der Waals surface area contributed by atoms with Crippen molar-refractivity contribution in [3.63, 3.8) is 0 Å². The fourth-order valence-electron chi connectivity index (χ4n) is 2.19. The molecular weight excluding hydrogens is 262 g/mol. The second-order valence-corrected chi connectivity index (χ2v) is 4.96. The van der Waals surface area contributed by atoms with E-state index in [1.807, 2.05) is 42.2 Å². The molecule has 0 spiro atoms. The van der Waals surface area contributed by atoms with Crippen molar-refractivity contribution in [2.45, 2.75) is 13.0 Å². The second-order valence-electron chi connectivity index (χ2n) is 4.53. The van der Waals surface area contributed by atoms with E-state index in [4.69, 9.17) is 17.3 Å². The molecule has 0 aliphatic rings. The number of hydrogen-bond donors (Lipinski definition) is 1. The van der Waals surface area contributed by atoms with Crippen molar-refractivity contribution in [2.75, 3.05) is 5.73 Å². The third kappa shape index (κ3) is 2.29. The van der Waals surface area contributed by atoms with Crippen LogP contribution in [0, 0.1) is 0 Å². The lowest BCUT2D eigenvalue weighted by Gasteiger charge is -2.05. The predicted molar refractivity (Wildman–Crippen MR) is 76.1 cm³/mol. The van der Waals surface area contributed by atoms with E-state index < -0.39 is 0 Å². The van der Waals surface area contributed by atoms with E-state index in [1.165, 1.54) is 5.56 Å². The zero-order valence-electron chi connectivity index (χ0n) is 10.5. The summed E-state index contributed by atoms with van der Waals surface area (Å²) >= 11 is 6.03. The summed E-state index contributed by atoms with van der Waals surface area (Å²) in [5, 5.41) is 4.84. The molecule has 2 N–H and O–H groups in total. The van der Waals surface area contributed by atoms with Gasteiger partial charge in [0.1, 0.15) is 0 Å². The molecule has 0 saturated carbocycles. The minimum atomic E-state index is 0.515. The normalized spacial score (nSPS) is 11.3. The van der Waals surface area contributed by atoms with Gasteiger partial charge in [-0.2, -0.15) is 5.10 Å². The number of benzene rings is 1. The van der Waals surface area contributed by atoms with Crippen LogP contribution in [-0.4, -0.2) is 19.3 Å². The number of fused-ring (bicyclic) bond motifs is 1.